The second-order valence-corrected chi connectivity index (χ2v) is 3.13. The molecule has 0 unspecified atom stereocenters. The number of carbonyl (C=O) groups excluding carboxylic acids is 2. The minimum Gasteiger partial charge on any atom is -0.393 e. The van der Waals surface area contributed by atoms with Crippen LogP contribution in [0.5, 0.6) is 0 Å². The van der Waals surface area contributed by atoms with E-state index in [0.29, 0.717) is 0 Å². The number of hydrogen-bond donors (Lipinski definition) is 0. The molecule has 0 saturated heterocycles. The highest BCUT2D eigenvalue weighted by Gasteiger charge is 2.24. The average Bonchev–Trinajstić information content (AvgIpc) is 1.60. The van der Waals surface area contributed by atoms with Gasteiger partial charge in [0.05, 0.1) is 5.41 Å². The maximum absolute atomic E-state index is 10.8. The lowest BCUT2D eigenvalue weighted by atomic mass is 9.97. The summed E-state index contributed by atoms with van der Waals surface area (Å²) in [5, 5.41) is 0. The van der Waals surface area contributed by atoms with Gasteiger partial charge in [-0.25, -0.2) is 0 Å². The van der Waals surface area contributed by atoms with E-state index in [2.05, 4.69) is 4.74 Å². The molecule has 0 fully saturated rings. The molecule has 0 aromatic rings. The third-order valence-corrected chi connectivity index (χ3v) is 0.849. The molecular weight excluding hydrogens is 159 g/mol. The SMILES string of the molecule is CC(=O)OC(=O)C(C)(C)C.[AlH3]. The summed E-state index contributed by atoms with van der Waals surface area (Å²) in [7, 11) is 0. The second kappa shape index (κ2) is 4.53. The molecule has 64 valence electrons. The molecule has 0 aromatic carbocycles. The molecule has 0 radical (unpaired) electrons. The van der Waals surface area contributed by atoms with Crippen molar-refractivity contribution in [3.8, 4) is 0 Å². The van der Waals surface area contributed by atoms with Crippen LogP contribution in [0.2, 0.25) is 0 Å². The largest absolute Gasteiger partial charge is 0.393 e. The fourth-order valence-electron chi connectivity index (χ4n) is 0.284. The van der Waals surface area contributed by atoms with Crippen LogP contribution in [0.15, 0.2) is 0 Å². The lowest BCUT2D eigenvalue weighted by Crippen LogP contribution is -2.24. The van der Waals surface area contributed by atoms with Crippen molar-refractivity contribution in [2.45, 2.75) is 27.7 Å². The van der Waals surface area contributed by atoms with Crippen LogP contribution in [0.25, 0.3) is 0 Å². The molecule has 0 N–H and O–H groups in total. The molecule has 0 saturated carbocycles. The lowest BCUT2D eigenvalue weighted by molar-refractivity contribution is -0.164. The van der Waals surface area contributed by atoms with Gasteiger partial charge < -0.3 is 4.74 Å². The minimum absolute atomic E-state index is 0. The predicted octanol–water partition coefficient (Wildman–Crippen LogP) is -0.0617. The van der Waals surface area contributed by atoms with Crippen molar-refractivity contribution < 1.29 is 14.3 Å². The first-order chi connectivity index (χ1) is 4.34. The summed E-state index contributed by atoms with van der Waals surface area (Å²) in [6.45, 7) is 6.29. The van der Waals surface area contributed by atoms with E-state index in [1.807, 2.05) is 0 Å². The van der Waals surface area contributed by atoms with Crippen molar-refractivity contribution in [1.82, 2.24) is 0 Å². The highest BCUT2D eigenvalue weighted by atomic mass is 27.0. The molecular formula is C7H15AlO3. The molecule has 0 aliphatic carbocycles. The Morgan fingerprint density at radius 3 is 1.64 bits per heavy atom. The van der Waals surface area contributed by atoms with Crippen LogP contribution < -0.4 is 0 Å². The van der Waals surface area contributed by atoms with Crippen molar-refractivity contribution >= 4 is 29.3 Å². The summed E-state index contributed by atoms with van der Waals surface area (Å²) < 4.78 is 4.34. The molecule has 0 aromatic heterocycles. The maximum atomic E-state index is 10.8. The van der Waals surface area contributed by atoms with Gasteiger partial charge in [-0.2, -0.15) is 0 Å². The first-order valence-corrected chi connectivity index (χ1v) is 3.07. The second-order valence-electron chi connectivity index (χ2n) is 3.13. The van der Waals surface area contributed by atoms with E-state index in [4.69, 9.17) is 0 Å². The van der Waals surface area contributed by atoms with E-state index < -0.39 is 17.4 Å². The molecule has 0 bridgehead atoms. The Morgan fingerprint density at radius 2 is 1.55 bits per heavy atom. The predicted molar refractivity (Wildman–Crippen MR) is 46.2 cm³/mol. The fourth-order valence-corrected chi connectivity index (χ4v) is 0.284. The van der Waals surface area contributed by atoms with Crippen LogP contribution >= 0.6 is 0 Å². The van der Waals surface area contributed by atoms with E-state index in [9.17, 15) is 9.59 Å². The Morgan fingerprint density at radius 1 is 1.18 bits per heavy atom. The monoisotopic (exact) mass is 174 g/mol. The zero-order valence-corrected chi connectivity index (χ0v) is 6.72. The van der Waals surface area contributed by atoms with Crippen LogP contribution in [0.3, 0.4) is 0 Å². The molecule has 0 aliphatic rings. The third-order valence-electron chi connectivity index (χ3n) is 0.849. The maximum Gasteiger partial charge on any atom is 0.318 e. The minimum atomic E-state index is -0.592. The number of ether oxygens (including phenoxy) is 1. The molecule has 4 heteroatoms. The standard InChI is InChI=1S/C7H12O3.Al.3H/c1-5(8)10-6(9)7(2,3)4;;;;/h1-4H3;;;;. The van der Waals surface area contributed by atoms with Crippen molar-refractivity contribution in [2.75, 3.05) is 0 Å². The Labute approximate surface area is 77.2 Å². The van der Waals surface area contributed by atoms with E-state index in [1.54, 1.807) is 20.8 Å². The Hall–Kier alpha value is -0.328. The van der Waals surface area contributed by atoms with E-state index in [-0.39, 0.29) is 17.4 Å². The van der Waals surface area contributed by atoms with Crippen molar-refractivity contribution in [2.24, 2.45) is 5.41 Å². The van der Waals surface area contributed by atoms with Crippen molar-refractivity contribution in [3.05, 3.63) is 0 Å². The molecule has 0 rings (SSSR count). The van der Waals surface area contributed by atoms with Gasteiger partial charge in [-0.1, -0.05) is 0 Å². The quantitative estimate of drug-likeness (QED) is 0.293. The Balaban J connectivity index is 0. The Bertz CT molecular complexity index is 158. The van der Waals surface area contributed by atoms with Gasteiger partial charge in [-0.15, -0.1) is 0 Å². The van der Waals surface area contributed by atoms with Gasteiger partial charge in [0.2, 0.25) is 0 Å². The van der Waals surface area contributed by atoms with E-state index in [1.165, 1.54) is 6.92 Å². The third kappa shape index (κ3) is 6.09. The first kappa shape index (κ1) is 13.3. The van der Waals surface area contributed by atoms with E-state index >= 15 is 0 Å². The summed E-state index contributed by atoms with van der Waals surface area (Å²) in [5.41, 5.74) is -0.592. The van der Waals surface area contributed by atoms with Gasteiger partial charge in [0.25, 0.3) is 0 Å². The Kier molecular flexibility index (Phi) is 5.47. The summed E-state index contributed by atoms with van der Waals surface area (Å²) in [6, 6.07) is 0. The average molecular weight is 174 g/mol. The van der Waals surface area contributed by atoms with Gasteiger partial charge in [0.15, 0.2) is 17.4 Å². The van der Waals surface area contributed by atoms with Crippen LogP contribution in [-0.2, 0) is 14.3 Å². The van der Waals surface area contributed by atoms with Crippen LogP contribution in [0.4, 0.5) is 0 Å². The molecule has 0 amide bonds. The highest BCUT2D eigenvalue weighted by molar-refractivity contribution is 5.87. The molecule has 0 aliphatic heterocycles. The van der Waals surface area contributed by atoms with Gasteiger partial charge >= 0.3 is 11.9 Å². The lowest BCUT2D eigenvalue weighted by Gasteiger charge is -2.13. The first-order valence-electron chi connectivity index (χ1n) is 3.07. The number of esters is 2. The van der Waals surface area contributed by atoms with Gasteiger partial charge in [0.1, 0.15) is 0 Å². The van der Waals surface area contributed by atoms with Crippen LogP contribution in [-0.4, -0.2) is 29.3 Å². The normalized spacial score (nSPS) is 9.82. The zero-order valence-electron chi connectivity index (χ0n) is 6.72. The van der Waals surface area contributed by atoms with Gasteiger partial charge in [0, 0.05) is 6.92 Å². The molecule has 0 atom stereocenters. The van der Waals surface area contributed by atoms with Crippen LogP contribution in [0.1, 0.15) is 27.7 Å². The zero-order chi connectivity index (χ0) is 8.36. The molecule has 11 heavy (non-hydrogen) atoms. The molecule has 3 nitrogen and oxygen atoms in total. The van der Waals surface area contributed by atoms with Gasteiger partial charge in [-0.3, -0.25) is 9.59 Å². The fraction of sp³-hybridized carbons (Fsp3) is 0.714. The topological polar surface area (TPSA) is 43.4 Å². The molecule has 0 heterocycles. The van der Waals surface area contributed by atoms with E-state index in [0.717, 1.165) is 0 Å². The van der Waals surface area contributed by atoms with Crippen LogP contribution in [0, 0.1) is 5.41 Å². The van der Waals surface area contributed by atoms with Crippen molar-refractivity contribution in [3.63, 3.8) is 0 Å². The number of rotatable bonds is 0. The number of hydrogen-bond acceptors (Lipinski definition) is 3. The smallest absolute Gasteiger partial charge is 0.318 e. The summed E-state index contributed by atoms with van der Waals surface area (Å²) in [5.74, 6) is -1.04. The molecule has 0 spiro atoms. The van der Waals surface area contributed by atoms with Gasteiger partial charge in [-0.05, 0) is 20.8 Å². The summed E-state index contributed by atoms with van der Waals surface area (Å²) >= 11 is 0. The summed E-state index contributed by atoms with van der Waals surface area (Å²) in [4.78, 5) is 21.1. The highest BCUT2D eigenvalue weighted by Crippen LogP contribution is 2.14. The van der Waals surface area contributed by atoms with Crippen molar-refractivity contribution in [1.29, 1.82) is 0 Å². The summed E-state index contributed by atoms with van der Waals surface area (Å²) in [6.07, 6.45) is 0. The number of carbonyl (C=O) groups is 2.